The van der Waals surface area contributed by atoms with Gasteiger partial charge in [0.2, 0.25) is 0 Å². The average Bonchev–Trinajstić information content (AvgIpc) is 2.38. The van der Waals surface area contributed by atoms with E-state index < -0.39 is 12.1 Å². The van der Waals surface area contributed by atoms with Crippen LogP contribution in [0, 0.1) is 0 Å². The van der Waals surface area contributed by atoms with Crippen molar-refractivity contribution in [3.8, 4) is 5.75 Å². The van der Waals surface area contributed by atoms with Gasteiger partial charge in [0.05, 0.1) is 12.7 Å². The second kappa shape index (κ2) is 7.36. The molecule has 102 valence electrons. The van der Waals surface area contributed by atoms with Crippen LogP contribution in [-0.4, -0.2) is 29.5 Å². The number of ether oxygens (including phenoxy) is 1. The fourth-order valence-corrected chi connectivity index (χ4v) is 1.97. The van der Waals surface area contributed by atoms with Crippen LogP contribution in [0.4, 0.5) is 0 Å². The van der Waals surface area contributed by atoms with Crippen molar-refractivity contribution in [2.45, 2.75) is 38.8 Å². The molecule has 0 heterocycles. The number of nitrogens with two attached hydrogens (primary N) is 1. The molecule has 1 aromatic rings. The third-order valence-electron chi connectivity index (χ3n) is 2.99. The first kappa shape index (κ1) is 15.0. The highest BCUT2D eigenvalue weighted by molar-refractivity contribution is 5.37. The monoisotopic (exact) mass is 253 g/mol. The Morgan fingerprint density at radius 1 is 1.33 bits per heavy atom. The number of hydrogen-bond acceptors (Lipinski definition) is 4. The molecule has 0 aliphatic heterocycles. The molecule has 2 unspecified atom stereocenters. The van der Waals surface area contributed by atoms with E-state index in [2.05, 4.69) is 0 Å². The van der Waals surface area contributed by atoms with E-state index in [0.29, 0.717) is 13.0 Å². The first-order valence-corrected chi connectivity index (χ1v) is 6.44. The van der Waals surface area contributed by atoms with Gasteiger partial charge in [0.15, 0.2) is 0 Å². The molecule has 0 aliphatic carbocycles. The third kappa shape index (κ3) is 3.70. The number of benzene rings is 1. The van der Waals surface area contributed by atoms with Crippen LogP contribution in [0.5, 0.6) is 5.75 Å². The smallest absolute Gasteiger partial charge is 0.119 e. The highest BCUT2D eigenvalue weighted by atomic mass is 16.5. The van der Waals surface area contributed by atoms with E-state index in [1.165, 1.54) is 0 Å². The Hall–Kier alpha value is -1.10. The maximum Gasteiger partial charge on any atom is 0.119 e. The van der Waals surface area contributed by atoms with Crippen LogP contribution >= 0.6 is 0 Å². The summed E-state index contributed by atoms with van der Waals surface area (Å²) in [4.78, 5) is 0. The normalized spacial score (nSPS) is 14.3. The summed E-state index contributed by atoms with van der Waals surface area (Å²) in [6, 6.07) is 5.19. The molecule has 0 saturated carbocycles. The van der Waals surface area contributed by atoms with Crippen molar-refractivity contribution >= 4 is 0 Å². The van der Waals surface area contributed by atoms with Gasteiger partial charge in [-0.2, -0.15) is 0 Å². The first-order chi connectivity index (χ1) is 8.63. The average molecular weight is 253 g/mol. The molecular weight excluding hydrogens is 230 g/mol. The zero-order chi connectivity index (χ0) is 13.5. The summed E-state index contributed by atoms with van der Waals surface area (Å²) in [7, 11) is 0. The second-order valence-corrected chi connectivity index (χ2v) is 4.27. The largest absolute Gasteiger partial charge is 0.494 e. The second-order valence-electron chi connectivity index (χ2n) is 4.27. The Labute approximate surface area is 108 Å². The molecule has 0 fully saturated rings. The van der Waals surface area contributed by atoms with Crippen LogP contribution < -0.4 is 10.5 Å². The molecule has 0 amide bonds. The summed E-state index contributed by atoms with van der Waals surface area (Å²) < 4.78 is 5.44. The van der Waals surface area contributed by atoms with Crippen LogP contribution in [-0.2, 0) is 6.42 Å². The molecular formula is C14H23NO3. The van der Waals surface area contributed by atoms with Gasteiger partial charge in [-0.25, -0.2) is 0 Å². The number of aliphatic hydroxyl groups excluding tert-OH is 2. The van der Waals surface area contributed by atoms with E-state index in [0.717, 1.165) is 23.3 Å². The molecule has 1 rings (SSSR count). The van der Waals surface area contributed by atoms with Crippen molar-refractivity contribution in [3.63, 3.8) is 0 Å². The third-order valence-corrected chi connectivity index (χ3v) is 2.99. The van der Waals surface area contributed by atoms with Crippen molar-refractivity contribution in [3.05, 3.63) is 29.3 Å². The van der Waals surface area contributed by atoms with Crippen molar-refractivity contribution in [1.82, 2.24) is 0 Å². The highest BCUT2D eigenvalue weighted by Gasteiger charge is 2.19. The van der Waals surface area contributed by atoms with Crippen molar-refractivity contribution in [1.29, 1.82) is 0 Å². The molecule has 0 aliphatic rings. The van der Waals surface area contributed by atoms with Gasteiger partial charge in [-0.3, -0.25) is 0 Å². The maximum absolute atomic E-state index is 10.2. The SMILES string of the molecule is CCOc1ccc(C(O)C(N)CCO)c(CC)c1. The molecule has 4 heteroatoms. The van der Waals surface area contributed by atoms with E-state index in [9.17, 15) is 5.11 Å². The summed E-state index contributed by atoms with van der Waals surface area (Å²) in [6.45, 7) is 4.57. The van der Waals surface area contributed by atoms with Gasteiger partial charge in [-0.1, -0.05) is 13.0 Å². The van der Waals surface area contributed by atoms with E-state index in [4.69, 9.17) is 15.6 Å². The first-order valence-electron chi connectivity index (χ1n) is 6.44. The standard InChI is InChI=1S/C14H23NO3/c1-3-10-9-11(18-4-2)5-6-12(10)14(17)13(15)7-8-16/h5-6,9,13-14,16-17H,3-4,7-8,15H2,1-2H3. The molecule has 0 bridgehead atoms. The summed E-state index contributed by atoms with van der Waals surface area (Å²) in [5.41, 5.74) is 7.69. The topological polar surface area (TPSA) is 75.7 Å². The summed E-state index contributed by atoms with van der Waals surface area (Å²) in [6.07, 6.45) is 0.444. The van der Waals surface area contributed by atoms with E-state index in [-0.39, 0.29) is 6.61 Å². The molecule has 4 N–H and O–H groups in total. The lowest BCUT2D eigenvalue weighted by atomic mass is 9.94. The molecule has 0 saturated heterocycles. The van der Waals surface area contributed by atoms with Crippen LogP contribution in [0.15, 0.2) is 18.2 Å². The van der Waals surface area contributed by atoms with Crippen molar-refractivity contribution in [2.75, 3.05) is 13.2 Å². The van der Waals surface area contributed by atoms with Gasteiger partial charge >= 0.3 is 0 Å². The van der Waals surface area contributed by atoms with Crippen LogP contribution in [0.3, 0.4) is 0 Å². The highest BCUT2D eigenvalue weighted by Crippen LogP contribution is 2.26. The summed E-state index contributed by atoms with van der Waals surface area (Å²) in [5.74, 6) is 0.807. The zero-order valence-electron chi connectivity index (χ0n) is 11.1. The Balaban J connectivity index is 2.93. The summed E-state index contributed by atoms with van der Waals surface area (Å²) >= 11 is 0. The number of hydrogen-bond donors (Lipinski definition) is 3. The quantitative estimate of drug-likeness (QED) is 0.686. The maximum atomic E-state index is 10.2. The Bertz CT molecular complexity index is 368. The minimum absolute atomic E-state index is 0.0171. The molecule has 0 aromatic heterocycles. The van der Waals surface area contributed by atoms with Crippen LogP contribution in [0.2, 0.25) is 0 Å². The number of aliphatic hydroxyl groups is 2. The Morgan fingerprint density at radius 3 is 2.61 bits per heavy atom. The number of rotatable bonds is 7. The summed E-state index contributed by atoms with van der Waals surface area (Å²) in [5, 5.41) is 19.0. The molecule has 18 heavy (non-hydrogen) atoms. The van der Waals surface area contributed by atoms with E-state index in [1.54, 1.807) is 0 Å². The van der Waals surface area contributed by atoms with Gasteiger partial charge in [-0.05, 0) is 43.0 Å². The van der Waals surface area contributed by atoms with Gasteiger partial charge in [0, 0.05) is 12.6 Å². The molecule has 2 atom stereocenters. The fraction of sp³-hybridized carbons (Fsp3) is 0.571. The lowest BCUT2D eigenvalue weighted by Gasteiger charge is -2.21. The molecule has 0 spiro atoms. The van der Waals surface area contributed by atoms with Gasteiger partial charge in [0.25, 0.3) is 0 Å². The Kier molecular flexibility index (Phi) is 6.12. The van der Waals surface area contributed by atoms with Crippen LogP contribution in [0.1, 0.15) is 37.5 Å². The fourth-order valence-electron chi connectivity index (χ4n) is 1.97. The minimum atomic E-state index is -0.747. The van der Waals surface area contributed by atoms with Crippen LogP contribution in [0.25, 0.3) is 0 Å². The van der Waals surface area contributed by atoms with E-state index in [1.807, 2.05) is 32.0 Å². The van der Waals surface area contributed by atoms with Crippen molar-refractivity contribution in [2.24, 2.45) is 5.73 Å². The molecule has 0 radical (unpaired) electrons. The Morgan fingerprint density at radius 2 is 2.06 bits per heavy atom. The predicted molar refractivity (Wildman–Crippen MR) is 71.6 cm³/mol. The van der Waals surface area contributed by atoms with Crippen molar-refractivity contribution < 1.29 is 14.9 Å². The van der Waals surface area contributed by atoms with Gasteiger partial charge in [-0.15, -0.1) is 0 Å². The lowest BCUT2D eigenvalue weighted by Crippen LogP contribution is -2.30. The molecule has 1 aromatic carbocycles. The predicted octanol–water partition coefficient (Wildman–Crippen LogP) is 1.39. The van der Waals surface area contributed by atoms with E-state index >= 15 is 0 Å². The van der Waals surface area contributed by atoms with Gasteiger partial charge in [0.1, 0.15) is 5.75 Å². The number of aryl methyl sites for hydroxylation is 1. The zero-order valence-corrected chi connectivity index (χ0v) is 11.1. The van der Waals surface area contributed by atoms with Gasteiger partial charge < -0.3 is 20.7 Å². The minimum Gasteiger partial charge on any atom is -0.494 e. The lowest BCUT2D eigenvalue weighted by molar-refractivity contribution is 0.128. The molecule has 4 nitrogen and oxygen atoms in total.